The third kappa shape index (κ3) is 4.17. The van der Waals surface area contributed by atoms with Crippen LogP contribution >= 0.6 is 27.7 Å². The molecule has 2 unspecified atom stereocenters. The average molecular weight is 488 g/mol. The first-order valence-electron chi connectivity index (χ1n) is 9.61. The number of aryl methyl sites for hydroxylation is 2. The Labute approximate surface area is 187 Å². The van der Waals surface area contributed by atoms with Crippen molar-refractivity contribution in [3.8, 4) is 5.75 Å². The lowest BCUT2D eigenvalue weighted by Crippen LogP contribution is -2.41. The smallest absolute Gasteiger partial charge is 0.240 e. The number of hydrogen-bond acceptors (Lipinski definition) is 6. The van der Waals surface area contributed by atoms with Gasteiger partial charge in [0.25, 0.3) is 0 Å². The molecular formula is C21H22BrN5O2S. The molecule has 156 valence electrons. The summed E-state index contributed by atoms with van der Waals surface area (Å²) in [4.78, 5) is 13.3. The van der Waals surface area contributed by atoms with Gasteiger partial charge in [0, 0.05) is 4.47 Å². The Balaban J connectivity index is 1.64. The predicted octanol–water partition coefficient (Wildman–Crippen LogP) is 4.45. The van der Waals surface area contributed by atoms with Crippen molar-refractivity contribution in [1.82, 2.24) is 14.9 Å². The van der Waals surface area contributed by atoms with Gasteiger partial charge in [-0.2, -0.15) is 0 Å². The summed E-state index contributed by atoms with van der Waals surface area (Å²) in [5, 5.41) is 11.6. The van der Waals surface area contributed by atoms with Gasteiger partial charge in [0.05, 0.1) is 18.3 Å². The van der Waals surface area contributed by atoms with Crippen molar-refractivity contribution in [2.24, 2.45) is 0 Å². The SMILES string of the molecule is CCOc1ccc(C2Nn3c(C)nnc3SC2C(=O)Nc2ccc(C)cc2Br)cc1. The van der Waals surface area contributed by atoms with E-state index in [2.05, 4.69) is 36.9 Å². The summed E-state index contributed by atoms with van der Waals surface area (Å²) < 4.78 is 8.23. The van der Waals surface area contributed by atoms with E-state index in [-0.39, 0.29) is 11.9 Å². The zero-order valence-electron chi connectivity index (χ0n) is 16.8. The molecule has 4 rings (SSSR count). The van der Waals surface area contributed by atoms with Gasteiger partial charge in [0.1, 0.15) is 16.8 Å². The van der Waals surface area contributed by atoms with Crippen LogP contribution in [-0.4, -0.2) is 32.6 Å². The first kappa shape index (κ1) is 20.7. The molecule has 1 amide bonds. The number of benzene rings is 2. The highest BCUT2D eigenvalue weighted by Crippen LogP contribution is 2.38. The molecule has 0 bridgehead atoms. The molecule has 2 atom stereocenters. The second kappa shape index (κ2) is 8.69. The van der Waals surface area contributed by atoms with E-state index in [4.69, 9.17) is 4.74 Å². The Bertz CT molecular complexity index is 1070. The van der Waals surface area contributed by atoms with Gasteiger partial charge >= 0.3 is 0 Å². The van der Waals surface area contributed by atoms with Gasteiger partial charge in [-0.05, 0) is 72.1 Å². The fourth-order valence-electron chi connectivity index (χ4n) is 3.27. The highest BCUT2D eigenvalue weighted by atomic mass is 79.9. The van der Waals surface area contributed by atoms with E-state index < -0.39 is 5.25 Å². The molecule has 1 aromatic heterocycles. The van der Waals surface area contributed by atoms with Crippen molar-refractivity contribution in [3.63, 3.8) is 0 Å². The van der Waals surface area contributed by atoms with Gasteiger partial charge in [-0.1, -0.05) is 30.0 Å². The maximum atomic E-state index is 13.3. The van der Waals surface area contributed by atoms with Crippen LogP contribution in [0.1, 0.15) is 29.9 Å². The van der Waals surface area contributed by atoms with Gasteiger partial charge in [-0.15, -0.1) is 10.2 Å². The number of thioether (sulfide) groups is 1. The summed E-state index contributed by atoms with van der Waals surface area (Å²) in [7, 11) is 0. The minimum Gasteiger partial charge on any atom is -0.494 e. The van der Waals surface area contributed by atoms with E-state index in [0.717, 1.165) is 32.9 Å². The average Bonchev–Trinajstić information content (AvgIpc) is 3.10. The maximum absolute atomic E-state index is 13.3. The standard InChI is InChI=1S/C21H22BrN5O2S/c1-4-29-15-8-6-14(7-9-15)18-19(30-21-25-24-13(3)27(21)26-18)20(28)23-17-10-5-12(2)11-16(17)22/h5-11,18-19,26H,4H2,1-3H3,(H,23,28). The fraction of sp³-hybridized carbons (Fsp3) is 0.286. The Morgan fingerprint density at radius 1 is 1.23 bits per heavy atom. The maximum Gasteiger partial charge on any atom is 0.240 e. The Morgan fingerprint density at radius 2 is 2.00 bits per heavy atom. The van der Waals surface area contributed by atoms with Crippen LogP contribution < -0.4 is 15.5 Å². The number of nitrogens with zero attached hydrogens (tertiary/aromatic N) is 3. The number of anilines is 1. The largest absolute Gasteiger partial charge is 0.494 e. The number of ether oxygens (including phenoxy) is 1. The molecule has 2 heterocycles. The fourth-order valence-corrected chi connectivity index (χ4v) is 4.99. The second-order valence-corrected chi connectivity index (χ2v) is 8.95. The molecule has 1 aliphatic rings. The van der Waals surface area contributed by atoms with Crippen molar-refractivity contribution in [2.75, 3.05) is 17.3 Å². The number of nitrogens with one attached hydrogen (secondary N) is 2. The predicted molar refractivity (Wildman–Crippen MR) is 122 cm³/mol. The Hall–Kier alpha value is -2.52. The third-order valence-corrected chi connectivity index (χ3v) is 6.66. The Kier molecular flexibility index (Phi) is 6.01. The lowest BCUT2D eigenvalue weighted by atomic mass is 10.0. The monoisotopic (exact) mass is 487 g/mol. The molecule has 7 nitrogen and oxygen atoms in total. The topological polar surface area (TPSA) is 81.1 Å². The van der Waals surface area contributed by atoms with Crippen molar-refractivity contribution in [3.05, 3.63) is 63.9 Å². The molecule has 0 spiro atoms. The number of carbonyl (C=O) groups is 1. The summed E-state index contributed by atoms with van der Waals surface area (Å²) >= 11 is 4.93. The molecule has 0 aliphatic carbocycles. The highest BCUT2D eigenvalue weighted by Gasteiger charge is 2.37. The molecule has 1 aliphatic heterocycles. The van der Waals surface area contributed by atoms with Gasteiger partial charge < -0.3 is 15.5 Å². The molecule has 30 heavy (non-hydrogen) atoms. The normalized spacial score (nSPS) is 17.7. The first-order chi connectivity index (χ1) is 14.5. The minimum atomic E-state index is -0.438. The lowest BCUT2D eigenvalue weighted by Gasteiger charge is -2.32. The van der Waals surface area contributed by atoms with Gasteiger partial charge in [-0.3, -0.25) is 4.79 Å². The second-order valence-electron chi connectivity index (χ2n) is 6.99. The minimum absolute atomic E-state index is 0.108. The molecular weight excluding hydrogens is 466 g/mol. The number of rotatable bonds is 5. The van der Waals surface area contributed by atoms with E-state index in [1.807, 2.05) is 67.9 Å². The zero-order valence-corrected chi connectivity index (χ0v) is 19.3. The highest BCUT2D eigenvalue weighted by molar-refractivity contribution is 9.10. The summed E-state index contributed by atoms with van der Waals surface area (Å²) in [6.07, 6.45) is 0. The van der Waals surface area contributed by atoms with E-state index in [1.165, 1.54) is 11.8 Å². The van der Waals surface area contributed by atoms with Crippen molar-refractivity contribution >= 4 is 39.3 Å². The third-order valence-electron chi connectivity index (χ3n) is 4.79. The number of amides is 1. The first-order valence-corrected chi connectivity index (χ1v) is 11.3. The zero-order chi connectivity index (χ0) is 21.3. The van der Waals surface area contributed by atoms with Gasteiger partial charge in [0.2, 0.25) is 11.1 Å². The van der Waals surface area contributed by atoms with Crippen LogP contribution in [-0.2, 0) is 4.79 Å². The summed E-state index contributed by atoms with van der Waals surface area (Å²) in [5.41, 5.74) is 6.24. The van der Waals surface area contributed by atoms with Crippen LogP contribution in [0.2, 0.25) is 0 Å². The van der Waals surface area contributed by atoms with Crippen LogP contribution in [0.25, 0.3) is 0 Å². The molecule has 0 fully saturated rings. The molecule has 0 saturated heterocycles. The number of halogens is 1. The summed E-state index contributed by atoms with van der Waals surface area (Å²) in [6, 6.07) is 13.4. The molecule has 2 N–H and O–H groups in total. The Morgan fingerprint density at radius 3 is 2.70 bits per heavy atom. The number of fused-ring (bicyclic) bond motifs is 1. The van der Waals surface area contributed by atoms with Crippen molar-refractivity contribution in [1.29, 1.82) is 0 Å². The van der Waals surface area contributed by atoms with Gasteiger partial charge in [0.15, 0.2) is 0 Å². The van der Waals surface area contributed by atoms with E-state index in [9.17, 15) is 4.79 Å². The molecule has 3 aromatic rings. The van der Waals surface area contributed by atoms with E-state index in [1.54, 1.807) is 0 Å². The van der Waals surface area contributed by atoms with Crippen molar-refractivity contribution in [2.45, 2.75) is 37.2 Å². The van der Waals surface area contributed by atoms with Crippen LogP contribution in [0.4, 0.5) is 5.69 Å². The molecule has 0 saturated carbocycles. The lowest BCUT2D eigenvalue weighted by molar-refractivity contribution is -0.116. The number of carbonyl (C=O) groups excluding carboxylic acids is 1. The number of hydrogen-bond donors (Lipinski definition) is 2. The van der Waals surface area contributed by atoms with Gasteiger partial charge in [-0.25, -0.2) is 4.68 Å². The van der Waals surface area contributed by atoms with Crippen LogP contribution in [0.3, 0.4) is 0 Å². The van der Waals surface area contributed by atoms with Crippen molar-refractivity contribution < 1.29 is 9.53 Å². The van der Waals surface area contributed by atoms with Crippen LogP contribution in [0.5, 0.6) is 5.75 Å². The van der Waals surface area contributed by atoms with Crippen LogP contribution in [0.15, 0.2) is 52.1 Å². The summed E-state index contributed by atoms with van der Waals surface area (Å²) in [6.45, 7) is 6.45. The quantitative estimate of drug-likeness (QED) is 0.552. The van der Waals surface area contributed by atoms with E-state index >= 15 is 0 Å². The molecule has 2 aromatic carbocycles. The number of aromatic nitrogens is 3. The van der Waals surface area contributed by atoms with Crippen LogP contribution in [0, 0.1) is 13.8 Å². The summed E-state index contributed by atoms with van der Waals surface area (Å²) in [5.74, 6) is 1.44. The van der Waals surface area contributed by atoms with E-state index in [0.29, 0.717) is 11.8 Å². The molecule has 9 heteroatoms. The molecule has 0 radical (unpaired) electrons.